The maximum Gasteiger partial charge on any atom is 0.407 e. The molecule has 1 amide bonds. The number of carbonyl (C=O) groups excluding carboxylic acids is 1. The van der Waals surface area contributed by atoms with E-state index in [1.807, 2.05) is 27.7 Å². The zero-order valence-corrected chi connectivity index (χ0v) is 19.4. The number of nitrogens with zero attached hydrogens (tertiary/aromatic N) is 2. The molecule has 0 spiro atoms. The normalized spacial score (nSPS) is 17.8. The number of carbonyl (C=O) groups is 1. The fourth-order valence-electron chi connectivity index (χ4n) is 3.27. The lowest BCUT2D eigenvalue weighted by atomic mass is 10.1. The number of hydrogen-bond donors (Lipinski definition) is 3. The Morgan fingerprint density at radius 3 is 2.45 bits per heavy atom. The van der Waals surface area contributed by atoms with Crippen LogP contribution >= 0.6 is 0 Å². The summed E-state index contributed by atoms with van der Waals surface area (Å²) in [5.41, 5.74) is 0.138. The van der Waals surface area contributed by atoms with Crippen LogP contribution in [0.5, 0.6) is 11.5 Å². The summed E-state index contributed by atoms with van der Waals surface area (Å²) in [5, 5.41) is 16.8. The minimum Gasteiger partial charge on any atom is -0.497 e. The largest absolute Gasteiger partial charge is 0.497 e. The van der Waals surface area contributed by atoms with Crippen LogP contribution in [0.25, 0.3) is 0 Å². The number of methoxy groups -OCH3 is 2. The van der Waals surface area contributed by atoms with Crippen LogP contribution in [0.15, 0.2) is 23.2 Å². The number of amides is 1. The summed E-state index contributed by atoms with van der Waals surface area (Å²) >= 11 is 0. The molecule has 0 bridgehead atoms. The summed E-state index contributed by atoms with van der Waals surface area (Å²) in [6.45, 7) is 9.75. The molecular weight excluding hydrogens is 400 g/mol. The van der Waals surface area contributed by atoms with E-state index in [2.05, 4.69) is 20.5 Å². The zero-order chi connectivity index (χ0) is 23.0. The van der Waals surface area contributed by atoms with Crippen molar-refractivity contribution >= 4 is 12.1 Å². The number of alkyl carbamates (subject to hydrolysis) is 1. The quantitative estimate of drug-likeness (QED) is 0.445. The Hall–Kier alpha value is -2.68. The Kier molecular flexibility index (Phi) is 8.79. The second-order valence-corrected chi connectivity index (χ2v) is 8.43. The number of likely N-dealkylation sites (tertiary alicyclic amines) is 1. The van der Waals surface area contributed by atoms with E-state index in [-0.39, 0.29) is 12.6 Å². The van der Waals surface area contributed by atoms with Crippen molar-refractivity contribution in [1.82, 2.24) is 15.5 Å². The molecule has 2 rings (SSSR count). The molecule has 31 heavy (non-hydrogen) atoms. The Morgan fingerprint density at radius 1 is 1.26 bits per heavy atom. The van der Waals surface area contributed by atoms with E-state index in [4.69, 9.17) is 14.2 Å². The molecule has 174 valence electrons. The van der Waals surface area contributed by atoms with Crippen LogP contribution in [-0.4, -0.2) is 74.1 Å². The predicted octanol–water partition coefficient (Wildman–Crippen LogP) is 2.30. The van der Waals surface area contributed by atoms with Gasteiger partial charge in [-0.1, -0.05) is 0 Å². The number of aliphatic imine (C=N–C) groups is 1. The van der Waals surface area contributed by atoms with Gasteiger partial charge >= 0.3 is 6.09 Å². The van der Waals surface area contributed by atoms with Gasteiger partial charge in [-0.05, 0) is 51.8 Å². The molecule has 1 saturated heterocycles. The third kappa shape index (κ3) is 7.82. The summed E-state index contributed by atoms with van der Waals surface area (Å²) in [6, 6.07) is 5.27. The smallest absolute Gasteiger partial charge is 0.407 e. The molecular formula is C22H36N4O5. The Balaban J connectivity index is 2.01. The molecule has 2 unspecified atom stereocenters. The number of rotatable bonds is 7. The minimum atomic E-state index is -0.809. The fraction of sp³-hybridized carbons (Fsp3) is 0.636. The molecule has 3 N–H and O–H groups in total. The lowest BCUT2D eigenvalue weighted by Gasteiger charge is -2.23. The molecule has 0 saturated carbocycles. The molecule has 0 radical (unpaired) electrons. The summed E-state index contributed by atoms with van der Waals surface area (Å²) in [5.74, 6) is 1.92. The summed E-state index contributed by atoms with van der Waals surface area (Å²) in [7, 11) is 3.14. The monoisotopic (exact) mass is 436 g/mol. The highest BCUT2D eigenvalue weighted by atomic mass is 16.6. The van der Waals surface area contributed by atoms with Crippen molar-refractivity contribution < 1.29 is 24.1 Å². The number of aliphatic hydroxyl groups is 1. The van der Waals surface area contributed by atoms with E-state index in [9.17, 15) is 9.90 Å². The first kappa shape index (κ1) is 24.6. The van der Waals surface area contributed by atoms with E-state index in [0.717, 1.165) is 13.0 Å². The van der Waals surface area contributed by atoms with Crippen LogP contribution in [0, 0.1) is 0 Å². The number of hydrogen-bond acceptors (Lipinski definition) is 6. The highest BCUT2D eigenvalue weighted by Crippen LogP contribution is 2.26. The summed E-state index contributed by atoms with van der Waals surface area (Å²) < 4.78 is 15.9. The Bertz CT molecular complexity index is 741. The average Bonchev–Trinajstić information content (AvgIpc) is 3.16. The standard InChI is InChI=1S/C22H36N4O5/c1-7-23-20(26-9-8-16(14-26)25-21(28)31-22(2,3)4)24-13-19(27)15-10-17(29-5)12-18(11-15)30-6/h10-12,16,19,27H,7-9,13-14H2,1-6H3,(H,23,24)(H,25,28). The van der Waals surface area contributed by atoms with Gasteiger partial charge in [-0.3, -0.25) is 4.99 Å². The lowest BCUT2D eigenvalue weighted by molar-refractivity contribution is 0.0507. The van der Waals surface area contributed by atoms with Crippen LogP contribution in [0.4, 0.5) is 4.79 Å². The van der Waals surface area contributed by atoms with Gasteiger partial charge in [0, 0.05) is 25.7 Å². The molecule has 1 fully saturated rings. The van der Waals surface area contributed by atoms with Crippen LogP contribution in [0.3, 0.4) is 0 Å². The molecule has 0 aromatic heterocycles. The molecule has 0 aliphatic carbocycles. The number of guanidine groups is 1. The molecule has 1 aromatic carbocycles. The molecule has 2 atom stereocenters. The van der Waals surface area contributed by atoms with E-state index in [1.165, 1.54) is 0 Å². The van der Waals surface area contributed by atoms with E-state index in [1.54, 1.807) is 32.4 Å². The van der Waals surface area contributed by atoms with E-state index < -0.39 is 17.8 Å². The number of benzene rings is 1. The third-order valence-electron chi connectivity index (χ3n) is 4.72. The van der Waals surface area contributed by atoms with Crippen LogP contribution in [0.2, 0.25) is 0 Å². The summed E-state index contributed by atoms with van der Waals surface area (Å²) in [6.07, 6.45) is -0.432. The van der Waals surface area contributed by atoms with E-state index in [0.29, 0.717) is 36.1 Å². The van der Waals surface area contributed by atoms with Gasteiger partial charge in [0.05, 0.1) is 32.9 Å². The van der Waals surface area contributed by atoms with Gasteiger partial charge < -0.3 is 34.9 Å². The van der Waals surface area contributed by atoms with Crippen molar-refractivity contribution in [2.45, 2.75) is 51.9 Å². The molecule has 1 heterocycles. The van der Waals surface area contributed by atoms with Crippen LogP contribution < -0.4 is 20.1 Å². The van der Waals surface area contributed by atoms with Gasteiger partial charge in [0.1, 0.15) is 17.1 Å². The second-order valence-electron chi connectivity index (χ2n) is 8.43. The molecule has 1 aliphatic rings. The predicted molar refractivity (Wildman–Crippen MR) is 120 cm³/mol. The maximum absolute atomic E-state index is 12.0. The van der Waals surface area contributed by atoms with Gasteiger partial charge in [0.25, 0.3) is 0 Å². The van der Waals surface area contributed by atoms with Gasteiger partial charge in [-0.2, -0.15) is 0 Å². The lowest BCUT2D eigenvalue weighted by Crippen LogP contribution is -2.44. The highest BCUT2D eigenvalue weighted by molar-refractivity contribution is 5.80. The number of ether oxygens (including phenoxy) is 3. The molecule has 9 heteroatoms. The van der Waals surface area contributed by atoms with Crippen molar-refractivity contribution in [3.05, 3.63) is 23.8 Å². The first-order chi connectivity index (χ1) is 14.6. The van der Waals surface area contributed by atoms with Crippen molar-refractivity contribution in [3.63, 3.8) is 0 Å². The average molecular weight is 437 g/mol. The molecule has 1 aromatic rings. The van der Waals surface area contributed by atoms with Gasteiger partial charge in [0.2, 0.25) is 0 Å². The first-order valence-electron chi connectivity index (χ1n) is 10.6. The van der Waals surface area contributed by atoms with Crippen molar-refractivity contribution in [2.24, 2.45) is 4.99 Å². The van der Waals surface area contributed by atoms with Gasteiger partial charge in [-0.15, -0.1) is 0 Å². The second kappa shape index (κ2) is 11.1. The van der Waals surface area contributed by atoms with E-state index >= 15 is 0 Å². The Morgan fingerprint density at radius 2 is 1.90 bits per heavy atom. The zero-order valence-electron chi connectivity index (χ0n) is 19.4. The Labute approximate surface area is 184 Å². The van der Waals surface area contributed by atoms with Gasteiger partial charge in [-0.25, -0.2) is 4.79 Å². The van der Waals surface area contributed by atoms with Gasteiger partial charge in [0.15, 0.2) is 5.96 Å². The van der Waals surface area contributed by atoms with Crippen LogP contribution in [-0.2, 0) is 4.74 Å². The van der Waals surface area contributed by atoms with Crippen molar-refractivity contribution in [2.75, 3.05) is 40.4 Å². The number of nitrogens with one attached hydrogen (secondary N) is 2. The molecule has 1 aliphatic heterocycles. The van der Waals surface area contributed by atoms with Crippen molar-refractivity contribution in [1.29, 1.82) is 0 Å². The SMILES string of the molecule is CCNC(=NCC(O)c1cc(OC)cc(OC)c1)N1CCC(NC(=O)OC(C)(C)C)C1. The van der Waals surface area contributed by atoms with Crippen LogP contribution in [0.1, 0.15) is 45.8 Å². The molecule has 9 nitrogen and oxygen atoms in total. The third-order valence-corrected chi connectivity index (χ3v) is 4.72. The van der Waals surface area contributed by atoms with Crippen molar-refractivity contribution in [3.8, 4) is 11.5 Å². The summed E-state index contributed by atoms with van der Waals surface area (Å²) in [4.78, 5) is 18.7. The first-order valence-corrected chi connectivity index (χ1v) is 10.6. The highest BCUT2D eigenvalue weighted by Gasteiger charge is 2.28. The number of aliphatic hydroxyl groups excluding tert-OH is 1. The minimum absolute atomic E-state index is 0.0220. The maximum atomic E-state index is 12.0. The fourth-order valence-corrected chi connectivity index (χ4v) is 3.27. The topological polar surface area (TPSA) is 105 Å².